The third-order valence-electron chi connectivity index (χ3n) is 12.6. The average molecular weight is 1090 g/mol. The number of aromatic nitrogens is 2. The summed E-state index contributed by atoms with van der Waals surface area (Å²) in [6, 6.07) is 62.1. The van der Waals surface area contributed by atoms with Crippen LogP contribution in [0.3, 0.4) is 0 Å². The maximum Gasteiger partial charge on any atom is 0.135 e. The fraction of sp³-hybridized carbons (Fsp3) is 0.143. The minimum atomic E-state index is -3.51. The van der Waals surface area contributed by atoms with E-state index in [2.05, 4.69) is 55.7 Å². The molecule has 0 spiro atoms. The van der Waals surface area contributed by atoms with Crippen LogP contribution in [-0.4, -0.2) is 9.55 Å². The number of aryl methyl sites for hydroxylation is 1. The number of rotatable bonds is 8. The Morgan fingerprint density at radius 1 is 0.551 bits per heavy atom. The number of nitrogens with zero attached hydrogens (tertiary/aromatic N) is 4. The van der Waals surface area contributed by atoms with Crippen LogP contribution in [0, 0.1) is 25.7 Å². The van der Waals surface area contributed by atoms with Gasteiger partial charge in [-0.3, -0.25) is 0 Å². The van der Waals surface area contributed by atoms with Gasteiger partial charge in [0, 0.05) is 88.9 Å². The van der Waals surface area contributed by atoms with Gasteiger partial charge >= 0.3 is 0 Å². The number of para-hydroxylation sites is 4. The molecule has 1 aliphatic heterocycles. The number of ether oxygens (including phenoxy) is 1. The van der Waals surface area contributed by atoms with Crippen molar-refractivity contribution in [1.29, 1.82) is 0 Å². The van der Waals surface area contributed by atoms with Crippen LogP contribution in [0.2, 0.25) is 0 Å². The summed E-state index contributed by atoms with van der Waals surface area (Å²) in [5.74, 6) is 1.58. The molecule has 0 unspecified atom stereocenters. The zero-order chi connectivity index (χ0) is 56.7. The molecule has 6 heteroatoms. The van der Waals surface area contributed by atoms with Gasteiger partial charge in [0.1, 0.15) is 5.82 Å². The summed E-state index contributed by atoms with van der Waals surface area (Å²) in [7, 11) is 0. The first kappa shape index (κ1) is 33.3. The summed E-state index contributed by atoms with van der Waals surface area (Å²) in [6.45, 7) is -4.81. The van der Waals surface area contributed by atoms with Crippen LogP contribution in [0.5, 0.6) is 11.5 Å². The van der Waals surface area contributed by atoms with Crippen molar-refractivity contribution in [2.75, 3.05) is 9.80 Å². The maximum atomic E-state index is 8.92. The molecule has 0 atom stereocenters. The van der Waals surface area contributed by atoms with Crippen LogP contribution in [-0.2, 0) is 31.9 Å². The molecule has 0 N–H and O–H groups in total. The van der Waals surface area contributed by atoms with Crippen molar-refractivity contribution in [3.63, 3.8) is 0 Å². The van der Waals surface area contributed by atoms with Crippen molar-refractivity contribution < 1.29 is 42.3 Å². The molecule has 5 nitrogen and oxygen atoms in total. The van der Waals surface area contributed by atoms with Gasteiger partial charge in [0.25, 0.3) is 0 Å². The Labute approximate surface area is 437 Å². The second kappa shape index (κ2) is 18.0. The zero-order valence-corrected chi connectivity index (χ0v) is 40.3. The molecule has 3 heterocycles. The third kappa shape index (κ3) is 8.55. The van der Waals surface area contributed by atoms with Crippen LogP contribution >= 0.6 is 0 Å². The van der Waals surface area contributed by atoms with Gasteiger partial charge in [0.15, 0.2) is 0 Å². The first-order valence-electron chi connectivity index (χ1n) is 28.4. The van der Waals surface area contributed by atoms with Crippen LogP contribution in [0.1, 0.15) is 74.5 Å². The van der Waals surface area contributed by atoms with Gasteiger partial charge in [-0.2, -0.15) is 12.1 Å². The van der Waals surface area contributed by atoms with Gasteiger partial charge in [-0.15, -0.1) is 48.1 Å². The predicted molar refractivity (Wildman–Crippen MR) is 283 cm³/mol. The minimum absolute atomic E-state index is 0. The molecule has 8 aromatic carbocycles. The second-order valence-corrected chi connectivity index (χ2v) is 18.1. The fourth-order valence-electron chi connectivity index (χ4n) is 9.18. The molecular formula is C63H53N4OPt-3. The van der Waals surface area contributed by atoms with Crippen molar-refractivity contribution >= 4 is 44.6 Å². The van der Waals surface area contributed by atoms with E-state index >= 15 is 0 Å². The quantitative estimate of drug-likeness (QED) is 0.142. The second-order valence-electron chi connectivity index (χ2n) is 18.1. The molecule has 344 valence electrons. The van der Waals surface area contributed by atoms with E-state index in [-0.39, 0.29) is 37.6 Å². The molecule has 11 rings (SSSR count). The molecule has 2 aromatic heterocycles. The first-order chi connectivity index (χ1) is 37.8. The summed E-state index contributed by atoms with van der Waals surface area (Å²) in [5, 5.41) is 2.02. The normalized spacial score (nSPS) is 15.9. The van der Waals surface area contributed by atoms with Gasteiger partial charge in [0.05, 0.1) is 0 Å². The summed E-state index contributed by atoms with van der Waals surface area (Å²) < 4.78 is 112. The molecule has 0 radical (unpaired) electrons. The molecule has 10 aromatic rings. The van der Waals surface area contributed by atoms with E-state index in [1.807, 2.05) is 126 Å². The average Bonchev–Trinajstić information content (AvgIpc) is 4.03. The van der Waals surface area contributed by atoms with Crippen molar-refractivity contribution in [2.24, 2.45) is 0 Å². The van der Waals surface area contributed by atoms with Gasteiger partial charge in [-0.25, -0.2) is 4.98 Å². The molecule has 0 amide bonds. The van der Waals surface area contributed by atoms with Crippen molar-refractivity contribution in [3.8, 4) is 50.7 Å². The van der Waals surface area contributed by atoms with Crippen molar-refractivity contribution in [1.82, 2.24) is 9.55 Å². The Hall–Kier alpha value is -7.20. The zero-order valence-electron chi connectivity index (χ0n) is 50.0. The van der Waals surface area contributed by atoms with Crippen LogP contribution in [0.15, 0.2) is 188 Å². The molecule has 69 heavy (non-hydrogen) atoms. The Balaban J connectivity index is 0.00000736. The van der Waals surface area contributed by atoms with E-state index in [4.69, 9.17) is 26.2 Å². The third-order valence-corrected chi connectivity index (χ3v) is 12.6. The van der Waals surface area contributed by atoms with E-state index in [1.165, 1.54) is 18.2 Å². The standard InChI is InChI=1S/C63H53N4O.Pt/c1-42-36-44(43-18-9-8-10-19-43)30-32-51(42)55-26-17-25-52(45-20-15-21-46(37-45)62(2,3)4)61(55)66-41-65(57-28-13-14-29-58(57)66)48-22-16-23-49(39-48)68-50-31-33-54-53-24-11-12-27-56(53)67(59(54)40-50)60-38-47(34-35-64-60)63(5,6)7;/h8-38,41H,1-7H3;/q-3;/i1D3,2D3,3D3,4D3;. The molecule has 0 fully saturated rings. The number of benzene rings is 8. The van der Waals surface area contributed by atoms with E-state index in [0.717, 1.165) is 38.8 Å². The monoisotopic (exact) mass is 1090 g/mol. The molecule has 0 bridgehead atoms. The summed E-state index contributed by atoms with van der Waals surface area (Å²) in [4.78, 5) is 8.64. The molecule has 0 aliphatic carbocycles. The Kier molecular flexibility index (Phi) is 8.71. The number of pyridine rings is 1. The summed E-state index contributed by atoms with van der Waals surface area (Å²) in [5.41, 5.74) is 4.55. The SMILES string of the molecule is [2H]C([2H])([2H])c1cc(-c2ccccc2)ccc1-c1cccc(-c2cccc(C(C([2H])([2H])[2H])(C([2H])([2H])[2H])C([2H])([2H])[2H])c2)c1N1[CH-]N(c2[c-]c(Oc3[c-]c4c(cc3)c3ccccc3n4-c3cc(C(C)(C)C)ccn3)ccc2)c2ccccc21.[Pt]. The van der Waals surface area contributed by atoms with Crippen LogP contribution in [0.25, 0.3) is 61.0 Å². The van der Waals surface area contributed by atoms with E-state index in [9.17, 15) is 0 Å². The summed E-state index contributed by atoms with van der Waals surface area (Å²) >= 11 is 0. The number of hydrogen-bond donors (Lipinski definition) is 0. The minimum Gasteiger partial charge on any atom is -0.509 e. The maximum absolute atomic E-state index is 8.92. The Bertz CT molecular complexity index is 3960. The largest absolute Gasteiger partial charge is 0.509 e. The van der Waals surface area contributed by atoms with E-state index in [0.29, 0.717) is 56.5 Å². The number of fused-ring (bicyclic) bond motifs is 4. The first-order valence-corrected chi connectivity index (χ1v) is 22.4. The van der Waals surface area contributed by atoms with E-state index in [1.54, 1.807) is 42.5 Å². The smallest absolute Gasteiger partial charge is 0.135 e. The van der Waals surface area contributed by atoms with Gasteiger partial charge in [0.2, 0.25) is 0 Å². The molecular weight excluding hydrogens is 1020 g/mol. The molecule has 0 saturated heterocycles. The predicted octanol–water partition coefficient (Wildman–Crippen LogP) is 16.9. The van der Waals surface area contributed by atoms with Gasteiger partial charge < -0.3 is 19.1 Å². The Morgan fingerprint density at radius 2 is 1.26 bits per heavy atom. The topological polar surface area (TPSA) is 33.5 Å². The van der Waals surface area contributed by atoms with E-state index < -0.39 is 38.4 Å². The van der Waals surface area contributed by atoms with Crippen molar-refractivity contribution in [2.45, 2.75) is 59.0 Å². The fourth-order valence-corrected chi connectivity index (χ4v) is 9.18. The van der Waals surface area contributed by atoms with Crippen LogP contribution in [0.4, 0.5) is 22.7 Å². The molecule has 1 aliphatic rings. The van der Waals surface area contributed by atoms with Crippen molar-refractivity contribution in [3.05, 3.63) is 224 Å². The summed E-state index contributed by atoms with van der Waals surface area (Å²) in [6.07, 6.45) is 1.83. The van der Waals surface area contributed by atoms with Crippen LogP contribution < -0.4 is 14.5 Å². The Morgan fingerprint density at radius 3 is 2.07 bits per heavy atom. The number of anilines is 4. The number of hydrogen-bond acceptors (Lipinski definition) is 4. The van der Waals surface area contributed by atoms with Gasteiger partial charge in [-0.05, 0) is 92.3 Å². The van der Waals surface area contributed by atoms with Gasteiger partial charge in [-0.1, -0.05) is 168 Å². The molecule has 0 saturated carbocycles.